The van der Waals surface area contributed by atoms with Crippen molar-refractivity contribution >= 4 is 5.97 Å². The Balaban J connectivity index is 3.01. The molecule has 0 aliphatic rings. The van der Waals surface area contributed by atoms with Crippen molar-refractivity contribution in [3.8, 4) is 5.75 Å². The Bertz CT molecular complexity index is 418. The molecule has 0 radical (unpaired) electrons. The third kappa shape index (κ3) is 4.41. The second-order valence-corrected chi connectivity index (χ2v) is 3.85. The average molecular weight is 263 g/mol. The minimum absolute atomic E-state index is 0.309. The molecule has 0 aliphatic carbocycles. The third-order valence-corrected chi connectivity index (χ3v) is 2.52. The van der Waals surface area contributed by atoms with Crippen LogP contribution < -0.4 is 10.1 Å². The molecule has 0 aromatic heterocycles. The second-order valence-electron chi connectivity index (χ2n) is 3.85. The Morgan fingerprint density at radius 3 is 2.74 bits per heavy atom. The Morgan fingerprint density at radius 2 is 2.11 bits per heavy atom. The van der Waals surface area contributed by atoms with Gasteiger partial charge in [0.1, 0.15) is 11.8 Å². The largest absolute Gasteiger partial charge is 0.494 e. The highest BCUT2D eigenvalue weighted by Crippen LogP contribution is 2.26. The van der Waals surface area contributed by atoms with Gasteiger partial charge in [-0.15, -0.1) is 6.58 Å². The van der Waals surface area contributed by atoms with Gasteiger partial charge in [0.05, 0.1) is 13.2 Å². The molecule has 1 rings (SSSR count). The Hall–Kier alpha value is -1.81. The zero-order valence-electron chi connectivity index (χ0n) is 11.5. The maximum absolute atomic E-state index is 12.0. The number of rotatable bonds is 8. The van der Waals surface area contributed by atoms with Crippen LogP contribution in [0.2, 0.25) is 0 Å². The second kappa shape index (κ2) is 8.32. The number of esters is 1. The summed E-state index contributed by atoms with van der Waals surface area (Å²) in [7, 11) is 0. The summed E-state index contributed by atoms with van der Waals surface area (Å²) in [5.74, 6) is 0.385. The van der Waals surface area contributed by atoms with Gasteiger partial charge in [-0.25, -0.2) is 4.79 Å². The molecule has 104 valence electrons. The van der Waals surface area contributed by atoms with Crippen molar-refractivity contribution in [2.24, 2.45) is 0 Å². The molecular weight excluding hydrogens is 242 g/mol. The molecular formula is C15H21NO3. The fourth-order valence-corrected chi connectivity index (χ4v) is 1.75. The van der Waals surface area contributed by atoms with Crippen LogP contribution in [0.5, 0.6) is 5.75 Å². The summed E-state index contributed by atoms with van der Waals surface area (Å²) >= 11 is 0. The number of hydrogen-bond acceptors (Lipinski definition) is 4. The number of carbonyl (C=O) groups excluding carboxylic acids is 1. The van der Waals surface area contributed by atoms with Crippen LogP contribution in [0.4, 0.5) is 0 Å². The van der Waals surface area contributed by atoms with Crippen molar-refractivity contribution in [1.82, 2.24) is 5.32 Å². The van der Waals surface area contributed by atoms with Crippen molar-refractivity contribution < 1.29 is 14.3 Å². The van der Waals surface area contributed by atoms with Gasteiger partial charge in [-0.3, -0.25) is 5.32 Å². The van der Waals surface area contributed by atoms with E-state index in [1.165, 1.54) is 0 Å². The molecule has 4 heteroatoms. The van der Waals surface area contributed by atoms with Crippen LogP contribution in [0.15, 0.2) is 36.9 Å². The molecule has 1 atom stereocenters. The van der Waals surface area contributed by atoms with Gasteiger partial charge in [0.15, 0.2) is 0 Å². The van der Waals surface area contributed by atoms with Crippen molar-refractivity contribution in [3.63, 3.8) is 0 Å². The predicted octanol–water partition coefficient (Wildman–Crippen LogP) is 2.47. The maximum Gasteiger partial charge on any atom is 0.327 e. The first-order chi connectivity index (χ1) is 9.24. The Labute approximate surface area is 114 Å². The van der Waals surface area contributed by atoms with Crippen molar-refractivity contribution in [3.05, 3.63) is 42.5 Å². The van der Waals surface area contributed by atoms with Crippen LogP contribution in [0.25, 0.3) is 0 Å². The Morgan fingerprint density at radius 1 is 1.37 bits per heavy atom. The van der Waals surface area contributed by atoms with E-state index in [4.69, 9.17) is 9.47 Å². The molecule has 0 fully saturated rings. The molecule has 0 saturated carbocycles. The molecule has 19 heavy (non-hydrogen) atoms. The number of carbonyl (C=O) groups is 1. The number of benzene rings is 1. The van der Waals surface area contributed by atoms with Crippen molar-refractivity contribution in [2.75, 3.05) is 19.8 Å². The minimum atomic E-state index is -0.541. The van der Waals surface area contributed by atoms with E-state index in [0.29, 0.717) is 25.5 Å². The summed E-state index contributed by atoms with van der Waals surface area (Å²) in [5, 5.41) is 3.10. The van der Waals surface area contributed by atoms with Gasteiger partial charge in [-0.05, 0) is 19.9 Å². The average Bonchev–Trinajstić information content (AvgIpc) is 2.41. The van der Waals surface area contributed by atoms with Crippen LogP contribution in [0.1, 0.15) is 25.5 Å². The fourth-order valence-electron chi connectivity index (χ4n) is 1.75. The van der Waals surface area contributed by atoms with Gasteiger partial charge in [0.25, 0.3) is 0 Å². The highest BCUT2D eigenvalue weighted by Gasteiger charge is 2.24. The molecule has 1 aromatic rings. The monoisotopic (exact) mass is 263 g/mol. The van der Waals surface area contributed by atoms with E-state index in [2.05, 4.69) is 11.9 Å². The maximum atomic E-state index is 12.0. The van der Waals surface area contributed by atoms with E-state index in [9.17, 15) is 4.79 Å². The highest BCUT2D eigenvalue weighted by molar-refractivity contribution is 5.78. The van der Waals surface area contributed by atoms with E-state index < -0.39 is 6.04 Å². The zero-order chi connectivity index (χ0) is 14.1. The van der Waals surface area contributed by atoms with Crippen molar-refractivity contribution in [2.45, 2.75) is 19.9 Å². The van der Waals surface area contributed by atoms with Gasteiger partial charge in [0.2, 0.25) is 0 Å². The highest BCUT2D eigenvalue weighted by atomic mass is 16.5. The molecule has 0 bridgehead atoms. The molecule has 0 aliphatic heterocycles. The zero-order valence-corrected chi connectivity index (χ0v) is 11.5. The summed E-state index contributed by atoms with van der Waals surface area (Å²) in [6, 6.07) is 6.92. The third-order valence-electron chi connectivity index (χ3n) is 2.52. The van der Waals surface area contributed by atoms with E-state index >= 15 is 0 Å². The van der Waals surface area contributed by atoms with Gasteiger partial charge in [-0.1, -0.05) is 24.3 Å². The molecule has 0 amide bonds. The van der Waals surface area contributed by atoms with Gasteiger partial charge in [0, 0.05) is 12.1 Å². The summed E-state index contributed by atoms with van der Waals surface area (Å²) in [5.41, 5.74) is 0.782. The summed E-state index contributed by atoms with van der Waals surface area (Å²) in [6.45, 7) is 8.76. The minimum Gasteiger partial charge on any atom is -0.494 e. The summed E-state index contributed by atoms with van der Waals surface area (Å²) in [4.78, 5) is 12.0. The predicted molar refractivity (Wildman–Crippen MR) is 75.2 cm³/mol. The summed E-state index contributed by atoms with van der Waals surface area (Å²) in [6.07, 6.45) is 1.70. The van der Waals surface area contributed by atoms with Crippen LogP contribution in [0, 0.1) is 0 Å². The van der Waals surface area contributed by atoms with Crippen LogP contribution in [-0.2, 0) is 9.53 Å². The topological polar surface area (TPSA) is 47.6 Å². The Kier molecular flexibility index (Phi) is 6.68. The molecule has 0 saturated heterocycles. The first-order valence-corrected chi connectivity index (χ1v) is 6.47. The fraction of sp³-hybridized carbons (Fsp3) is 0.400. The van der Waals surface area contributed by atoms with E-state index in [1.54, 1.807) is 13.0 Å². The van der Waals surface area contributed by atoms with Crippen molar-refractivity contribution in [1.29, 1.82) is 0 Å². The van der Waals surface area contributed by atoms with Crippen LogP contribution in [-0.4, -0.2) is 25.7 Å². The quantitative estimate of drug-likeness (QED) is 0.578. The summed E-state index contributed by atoms with van der Waals surface area (Å²) < 4.78 is 10.6. The number of para-hydroxylation sites is 1. The normalized spacial score (nSPS) is 11.7. The molecule has 0 heterocycles. The molecule has 1 aromatic carbocycles. The van der Waals surface area contributed by atoms with E-state index in [-0.39, 0.29) is 5.97 Å². The lowest BCUT2D eigenvalue weighted by Crippen LogP contribution is -2.30. The van der Waals surface area contributed by atoms with Gasteiger partial charge >= 0.3 is 5.97 Å². The number of ether oxygens (including phenoxy) is 2. The lowest BCUT2D eigenvalue weighted by atomic mass is 10.1. The standard InChI is InChI=1S/C15H21NO3/c1-4-11-16-14(15(17)19-6-3)12-9-7-8-10-13(12)18-5-2/h4,7-10,14,16H,1,5-6,11H2,2-3H3. The van der Waals surface area contributed by atoms with Gasteiger partial charge in [-0.2, -0.15) is 0 Å². The first-order valence-electron chi connectivity index (χ1n) is 6.47. The number of nitrogens with one attached hydrogen (secondary N) is 1. The smallest absolute Gasteiger partial charge is 0.327 e. The SMILES string of the molecule is C=CCNC(C(=O)OCC)c1ccccc1OCC. The van der Waals surface area contributed by atoms with Crippen LogP contribution in [0.3, 0.4) is 0 Å². The molecule has 1 unspecified atom stereocenters. The lowest BCUT2D eigenvalue weighted by molar-refractivity contribution is -0.145. The van der Waals surface area contributed by atoms with Gasteiger partial charge < -0.3 is 9.47 Å². The number of hydrogen-bond donors (Lipinski definition) is 1. The van der Waals surface area contributed by atoms with E-state index in [1.807, 2.05) is 31.2 Å². The lowest BCUT2D eigenvalue weighted by Gasteiger charge is -2.19. The van der Waals surface area contributed by atoms with Crippen LogP contribution >= 0.6 is 0 Å². The molecule has 4 nitrogen and oxygen atoms in total. The molecule has 0 spiro atoms. The molecule has 1 N–H and O–H groups in total. The first kappa shape index (κ1) is 15.2. The van der Waals surface area contributed by atoms with E-state index in [0.717, 1.165) is 5.56 Å².